The summed E-state index contributed by atoms with van der Waals surface area (Å²) in [7, 11) is 2.24. The van der Waals surface area contributed by atoms with Crippen molar-refractivity contribution in [3.05, 3.63) is 0 Å². The van der Waals surface area contributed by atoms with Gasteiger partial charge in [0.25, 0.3) is 0 Å². The molecule has 19 heavy (non-hydrogen) atoms. The van der Waals surface area contributed by atoms with Crippen LogP contribution in [-0.4, -0.2) is 41.5 Å². The highest BCUT2D eigenvalue weighted by Crippen LogP contribution is 2.33. The number of fused-ring (bicyclic) bond motifs is 2. The van der Waals surface area contributed by atoms with Crippen molar-refractivity contribution in [1.29, 1.82) is 0 Å². The molecule has 108 valence electrons. The summed E-state index contributed by atoms with van der Waals surface area (Å²) in [4.78, 5) is 14.9. The zero-order valence-electron chi connectivity index (χ0n) is 12.0. The molecule has 0 radical (unpaired) electrons. The van der Waals surface area contributed by atoms with Crippen LogP contribution >= 0.6 is 0 Å². The van der Waals surface area contributed by atoms with Gasteiger partial charge in [-0.25, -0.2) is 0 Å². The van der Waals surface area contributed by atoms with Crippen molar-refractivity contribution < 1.29 is 4.79 Å². The van der Waals surface area contributed by atoms with E-state index in [0.29, 0.717) is 18.1 Å². The molecule has 2 atom stereocenters. The number of piperidine rings is 2. The second kappa shape index (κ2) is 5.06. The van der Waals surface area contributed by atoms with Gasteiger partial charge in [-0.05, 0) is 45.6 Å². The molecule has 3 N–H and O–H groups in total. The minimum Gasteiger partial charge on any atom is -0.352 e. The maximum Gasteiger partial charge on any atom is 0.240 e. The number of carbonyl (C=O) groups is 1. The summed E-state index contributed by atoms with van der Waals surface area (Å²) in [5.41, 5.74) is 5.67. The van der Waals surface area contributed by atoms with Crippen molar-refractivity contribution in [2.45, 2.75) is 81.5 Å². The lowest BCUT2D eigenvalue weighted by Gasteiger charge is -2.47. The van der Waals surface area contributed by atoms with Crippen LogP contribution in [0.1, 0.15) is 57.8 Å². The summed E-state index contributed by atoms with van der Waals surface area (Å²) in [6.45, 7) is 0. The Morgan fingerprint density at radius 3 is 2.32 bits per heavy atom. The summed E-state index contributed by atoms with van der Waals surface area (Å²) in [6, 6.07) is 1.67. The van der Waals surface area contributed by atoms with Crippen LogP contribution in [0, 0.1) is 0 Å². The predicted molar refractivity (Wildman–Crippen MR) is 75.7 cm³/mol. The van der Waals surface area contributed by atoms with Gasteiger partial charge in [-0.3, -0.25) is 4.79 Å². The van der Waals surface area contributed by atoms with Crippen LogP contribution in [0.3, 0.4) is 0 Å². The van der Waals surface area contributed by atoms with Crippen molar-refractivity contribution in [1.82, 2.24) is 10.2 Å². The molecule has 0 aromatic rings. The van der Waals surface area contributed by atoms with Gasteiger partial charge in [0.2, 0.25) is 5.91 Å². The van der Waals surface area contributed by atoms with Gasteiger partial charge in [0, 0.05) is 18.1 Å². The van der Waals surface area contributed by atoms with Crippen LogP contribution < -0.4 is 11.1 Å². The van der Waals surface area contributed by atoms with Crippen LogP contribution in [0.25, 0.3) is 0 Å². The summed E-state index contributed by atoms with van der Waals surface area (Å²) >= 11 is 0. The first kappa shape index (κ1) is 13.4. The largest absolute Gasteiger partial charge is 0.352 e. The van der Waals surface area contributed by atoms with Crippen LogP contribution in [0.2, 0.25) is 0 Å². The Bertz CT molecular complexity index is 337. The average molecular weight is 265 g/mol. The Morgan fingerprint density at radius 2 is 1.74 bits per heavy atom. The molecule has 2 unspecified atom stereocenters. The molecule has 2 aliphatic heterocycles. The maximum atomic E-state index is 12.4. The van der Waals surface area contributed by atoms with Gasteiger partial charge in [0.05, 0.1) is 5.54 Å². The summed E-state index contributed by atoms with van der Waals surface area (Å²) in [5, 5.41) is 3.26. The minimum absolute atomic E-state index is 0.109. The van der Waals surface area contributed by atoms with Crippen molar-refractivity contribution in [3.8, 4) is 0 Å². The highest BCUT2D eigenvalue weighted by atomic mass is 16.2. The molecule has 0 spiro atoms. The fourth-order valence-corrected chi connectivity index (χ4v) is 4.30. The fraction of sp³-hybridized carbons (Fsp3) is 0.933. The topological polar surface area (TPSA) is 58.4 Å². The lowest BCUT2D eigenvalue weighted by molar-refractivity contribution is -0.127. The summed E-state index contributed by atoms with van der Waals surface area (Å²) in [5.74, 6) is 0.109. The van der Waals surface area contributed by atoms with Gasteiger partial charge < -0.3 is 16.0 Å². The number of nitrogens with zero attached hydrogens (tertiary/aromatic N) is 1. The normalized spacial score (nSPS) is 38.1. The van der Waals surface area contributed by atoms with Gasteiger partial charge >= 0.3 is 0 Å². The van der Waals surface area contributed by atoms with Crippen molar-refractivity contribution in [3.63, 3.8) is 0 Å². The molecule has 2 bridgehead atoms. The molecule has 2 saturated heterocycles. The molecule has 4 heteroatoms. The summed E-state index contributed by atoms with van der Waals surface area (Å²) in [6.07, 6.45) is 10.0. The van der Waals surface area contributed by atoms with E-state index < -0.39 is 5.54 Å². The maximum absolute atomic E-state index is 12.4. The van der Waals surface area contributed by atoms with E-state index in [4.69, 9.17) is 5.73 Å². The van der Waals surface area contributed by atoms with Crippen LogP contribution in [0.4, 0.5) is 0 Å². The number of hydrogen-bond acceptors (Lipinski definition) is 3. The van der Waals surface area contributed by atoms with Gasteiger partial charge in [0.1, 0.15) is 0 Å². The smallest absolute Gasteiger partial charge is 0.240 e. The molecule has 1 saturated carbocycles. The quantitative estimate of drug-likeness (QED) is 0.793. The van der Waals surface area contributed by atoms with Gasteiger partial charge in [-0.1, -0.05) is 19.3 Å². The van der Waals surface area contributed by atoms with Gasteiger partial charge in [0.15, 0.2) is 0 Å². The first-order valence-electron chi connectivity index (χ1n) is 7.90. The summed E-state index contributed by atoms with van der Waals surface area (Å²) < 4.78 is 0. The van der Waals surface area contributed by atoms with Crippen LogP contribution in [0.5, 0.6) is 0 Å². The number of hydrogen-bond donors (Lipinski definition) is 2. The predicted octanol–water partition coefficient (Wildman–Crippen LogP) is 1.39. The Kier molecular flexibility index (Phi) is 3.56. The molecule has 2 heterocycles. The molecule has 4 nitrogen and oxygen atoms in total. The lowest BCUT2D eigenvalue weighted by Crippen LogP contribution is -2.59. The number of carbonyl (C=O) groups excluding carboxylic acids is 1. The van der Waals surface area contributed by atoms with E-state index in [1.54, 1.807) is 0 Å². The highest BCUT2D eigenvalue weighted by molar-refractivity contribution is 5.86. The fourth-order valence-electron chi connectivity index (χ4n) is 4.30. The minimum atomic E-state index is -0.571. The second-order valence-electron chi connectivity index (χ2n) is 6.91. The van der Waals surface area contributed by atoms with Gasteiger partial charge in [-0.2, -0.15) is 0 Å². The van der Waals surface area contributed by atoms with Crippen molar-refractivity contribution in [2.75, 3.05) is 7.05 Å². The Balaban J connectivity index is 1.60. The van der Waals surface area contributed by atoms with E-state index in [0.717, 1.165) is 38.5 Å². The van der Waals surface area contributed by atoms with E-state index in [-0.39, 0.29) is 5.91 Å². The standard InChI is InChI=1S/C15H27N3O/c1-18-12-5-4-6-13(18)10-11(9-12)17-14(19)15(16)7-2-3-8-15/h11-13H,2-10,16H2,1H3,(H,17,19). The average Bonchev–Trinajstić information content (AvgIpc) is 2.79. The Morgan fingerprint density at radius 1 is 1.16 bits per heavy atom. The zero-order valence-corrected chi connectivity index (χ0v) is 12.0. The molecule has 3 rings (SSSR count). The third-order valence-electron chi connectivity index (χ3n) is 5.62. The Labute approximate surface area is 116 Å². The lowest BCUT2D eigenvalue weighted by atomic mass is 9.82. The van der Waals surface area contributed by atoms with Crippen LogP contribution in [0.15, 0.2) is 0 Å². The van der Waals surface area contributed by atoms with Gasteiger partial charge in [-0.15, -0.1) is 0 Å². The molecule has 3 aliphatic rings. The molecule has 3 fully saturated rings. The van der Waals surface area contributed by atoms with E-state index in [1.807, 2.05) is 0 Å². The number of nitrogens with two attached hydrogens (primary N) is 1. The van der Waals surface area contributed by atoms with E-state index in [2.05, 4.69) is 17.3 Å². The number of amides is 1. The highest BCUT2D eigenvalue weighted by Gasteiger charge is 2.41. The first-order valence-corrected chi connectivity index (χ1v) is 7.90. The number of nitrogens with one attached hydrogen (secondary N) is 1. The molecule has 1 amide bonds. The molecule has 0 aromatic heterocycles. The third kappa shape index (κ3) is 2.52. The van der Waals surface area contributed by atoms with E-state index in [1.165, 1.54) is 19.3 Å². The molecule has 0 aromatic carbocycles. The SMILES string of the molecule is CN1C2CCCC1CC(NC(=O)C1(N)CCCC1)C2. The van der Waals surface area contributed by atoms with E-state index >= 15 is 0 Å². The van der Waals surface area contributed by atoms with Crippen LogP contribution in [-0.2, 0) is 4.79 Å². The monoisotopic (exact) mass is 265 g/mol. The molecular formula is C15H27N3O. The molecule has 1 aliphatic carbocycles. The van der Waals surface area contributed by atoms with Crippen molar-refractivity contribution >= 4 is 5.91 Å². The van der Waals surface area contributed by atoms with E-state index in [9.17, 15) is 4.79 Å². The number of rotatable bonds is 2. The molecular weight excluding hydrogens is 238 g/mol. The Hall–Kier alpha value is -0.610. The first-order chi connectivity index (χ1) is 9.08. The second-order valence-corrected chi connectivity index (χ2v) is 6.91. The van der Waals surface area contributed by atoms with Crippen molar-refractivity contribution in [2.24, 2.45) is 5.73 Å². The zero-order chi connectivity index (χ0) is 13.5. The third-order valence-corrected chi connectivity index (χ3v) is 5.62.